The molecule has 1 aliphatic heterocycles. The second-order valence-corrected chi connectivity index (χ2v) is 10.4. The summed E-state index contributed by atoms with van der Waals surface area (Å²) in [6.07, 6.45) is -1.78. The molecule has 1 unspecified atom stereocenters. The smallest absolute Gasteiger partial charge is 0.416 e. The number of nitrogens with zero attached hydrogens (tertiary/aromatic N) is 2. The normalized spacial score (nSPS) is 15.7. The lowest BCUT2D eigenvalue weighted by molar-refractivity contribution is -0.137. The molecule has 8 nitrogen and oxygen atoms in total. The van der Waals surface area contributed by atoms with Crippen LogP contribution in [-0.4, -0.2) is 54.4 Å². The molecule has 3 heterocycles. The Morgan fingerprint density at radius 2 is 1.97 bits per heavy atom. The van der Waals surface area contributed by atoms with Crippen LogP contribution in [0.4, 0.5) is 24.7 Å². The summed E-state index contributed by atoms with van der Waals surface area (Å²) >= 11 is 1.23. The largest absolute Gasteiger partial charge is 0.491 e. The number of anilines is 2. The second-order valence-electron chi connectivity index (χ2n) is 9.44. The molecule has 1 amide bonds. The predicted octanol–water partition coefficient (Wildman–Crippen LogP) is 3.95. The lowest BCUT2D eigenvalue weighted by Gasteiger charge is -2.34. The number of piperidine rings is 1. The van der Waals surface area contributed by atoms with Crippen LogP contribution in [0.1, 0.15) is 47.0 Å². The number of nitrogens with two attached hydrogens (primary N) is 2. The van der Waals surface area contributed by atoms with Crippen molar-refractivity contribution in [2.75, 3.05) is 36.9 Å². The van der Waals surface area contributed by atoms with Gasteiger partial charge in [-0.15, -0.1) is 11.3 Å². The van der Waals surface area contributed by atoms with Crippen LogP contribution >= 0.6 is 11.3 Å². The highest BCUT2D eigenvalue weighted by atomic mass is 32.1. The first kappa shape index (κ1) is 27.9. The Balaban J connectivity index is 1.29. The fraction of sp³-hybridized carbons (Fsp3) is 0.462. The Labute approximate surface area is 222 Å². The Bertz CT molecular complexity index is 1260. The zero-order valence-electron chi connectivity index (χ0n) is 21.1. The van der Waals surface area contributed by atoms with Gasteiger partial charge in [0.05, 0.1) is 11.3 Å². The number of ether oxygens (including phenoxy) is 1. The van der Waals surface area contributed by atoms with E-state index in [1.807, 2.05) is 0 Å². The Kier molecular flexibility index (Phi) is 8.64. The van der Waals surface area contributed by atoms with Crippen LogP contribution in [0.2, 0.25) is 0 Å². The van der Waals surface area contributed by atoms with Crippen molar-refractivity contribution in [1.29, 1.82) is 0 Å². The molecule has 206 valence electrons. The lowest BCUT2D eigenvalue weighted by atomic mass is 10.0. The van der Waals surface area contributed by atoms with E-state index in [-0.39, 0.29) is 18.4 Å². The van der Waals surface area contributed by atoms with E-state index in [9.17, 15) is 23.1 Å². The first-order valence-corrected chi connectivity index (χ1v) is 13.4. The number of amides is 1. The number of carbonyl (C=O) groups is 1. The average Bonchev–Trinajstić information content (AvgIpc) is 3.23. The van der Waals surface area contributed by atoms with Crippen LogP contribution in [0, 0.1) is 0 Å². The van der Waals surface area contributed by atoms with Gasteiger partial charge in [0.25, 0.3) is 5.91 Å². The zero-order valence-corrected chi connectivity index (χ0v) is 21.9. The number of nitrogens with one attached hydrogen (secondary N) is 1. The third-order valence-corrected chi connectivity index (χ3v) is 7.71. The summed E-state index contributed by atoms with van der Waals surface area (Å²) in [5.41, 5.74) is 12.4. The lowest BCUT2D eigenvalue weighted by Crippen LogP contribution is -2.45. The number of halogens is 3. The molecular weight excluding hydrogens is 519 g/mol. The van der Waals surface area contributed by atoms with Crippen molar-refractivity contribution in [3.8, 4) is 5.75 Å². The summed E-state index contributed by atoms with van der Waals surface area (Å²) in [4.78, 5) is 19.9. The second kappa shape index (κ2) is 11.7. The first-order chi connectivity index (χ1) is 18.1. The molecule has 3 aromatic rings. The maximum absolute atomic E-state index is 12.7. The zero-order chi connectivity index (χ0) is 27.4. The third-order valence-electron chi connectivity index (χ3n) is 6.60. The summed E-state index contributed by atoms with van der Waals surface area (Å²) in [5, 5.41) is 14.4. The number of primary amides is 1. The highest BCUT2D eigenvalue weighted by molar-refractivity contribution is 7.21. The minimum absolute atomic E-state index is 0.0292. The molecule has 4 rings (SSSR count). The number of aliphatic hydroxyl groups is 1. The summed E-state index contributed by atoms with van der Waals surface area (Å²) in [6.45, 7) is 3.90. The van der Waals surface area contributed by atoms with Crippen molar-refractivity contribution >= 4 is 39.0 Å². The minimum atomic E-state index is -4.40. The van der Waals surface area contributed by atoms with Crippen molar-refractivity contribution in [2.24, 2.45) is 5.73 Å². The van der Waals surface area contributed by atoms with Crippen molar-refractivity contribution in [1.82, 2.24) is 10.3 Å². The van der Waals surface area contributed by atoms with Crippen LogP contribution in [-0.2, 0) is 12.6 Å². The van der Waals surface area contributed by atoms with Crippen molar-refractivity contribution in [2.45, 2.75) is 50.9 Å². The summed E-state index contributed by atoms with van der Waals surface area (Å²) in [5.74, 6) is 0.572. The van der Waals surface area contributed by atoms with Crippen LogP contribution in [0.15, 0.2) is 30.3 Å². The highest BCUT2D eigenvalue weighted by Gasteiger charge is 2.30. The van der Waals surface area contributed by atoms with E-state index in [0.29, 0.717) is 21.9 Å². The average molecular weight is 552 g/mol. The fourth-order valence-corrected chi connectivity index (χ4v) is 5.59. The number of rotatable bonds is 10. The van der Waals surface area contributed by atoms with E-state index in [4.69, 9.17) is 21.2 Å². The standard InChI is InChI=1S/C26H32F3N5O3S/c1-2-3-15-12-20(33-25-21(15)22(30)23(38-25)24(31)36)34-10-8-17(9-11-34)32-13-18(35)14-37-19-6-4-16(5-7-19)26(27,28)29/h4-7,12,17-18,32,35H,2-3,8-11,13-14,30H2,1H3,(H2,31,36). The van der Waals surface area contributed by atoms with Gasteiger partial charge in [-0.25, -0.2) is 4.98 Å². The first-order valence-electron chi connectivity index (χ1n) is 12.5. The number of alkyl halides is 3. The maximum atomic E-state index is 12.7. The Morgan fingerprint density at radius 3 is 2.58 bits per heavy atom. The molecule has 12 heteroatoms. The summed E-state index contributed by atoms with van der Waals surface area (Å²) < 4.78 is 43.4. The van der Waals surface area contributed by atoms with Gasteiger partial charge in [0.1, 0.15) is 34.0 Å². The number of aliphatic hydroxyl groups excluding tert-OH is 1. The van der Waals surface area contributed by atoms with Gasteiger partial charge in [-0.3, -0.25) is 4.79 Å². The summed E-state index contributed by atoms with van der Waals surface area (Å²) in [6, 6.07) is 6.65. The van der Waals surface area contributed by atoms with Crippen LogP contribution in [0.3, 0.4) is 0 Å². The number of thiophene rings is 1. The molecule has 1 fully saturated rings. The van der Waals surface area contributed by atoms with E-state index in [0.717, 1.165) is 67.7 Å². The molecule has 1 aromatic carbocycles. The molecule has 0 bridgehead atoms. The van der Waals surface area contributed by atoms with Gasteiger partial charge in [0.15, 0.2) is 0 Å². The van der Waals surface area contributed by atoms with Crippen molar-refractivity contribution in [3.05, 3.63) is 46.3 Å². The van der Waals surface area contributed by atoms with Gasteiger partial charge in [0, 0.05) is 31.1 Å². The van der Waals surface area contributed by atoms with Crippen LogP contribution in [0.5, 0.6) is 5.75 Å². The van der Waals surface area contributed by atoms with Crippen molar-refractivity contribution in [3.63, 3.8) is 0 Å². The molecule has 1 aliphatic rings. The molecule has 0 radical (unpaired) electrons. The molecule has 1 atom stereocenters. The quantitative estimate of drug-likeness (QED) is 0.301. The minimum Gasteiger partial charge on any atom is -0.491 e. The number of hydrogen-bond acceptors (Lipinski definition) is 8. The van der Waals surface area contributed by atoms with Gasteiger partial charge >= 0.3 is 6.18 Å². The van der Waals surface area contributed by atoms with Gasteiger partial charge in [-0.2, -0.15) is 13.2 Å². The predicted molar refractivity (Wildman–Crippen MR) is 143 cm³/mol. The Hall–Kier alpha value is -3.09. The number of carbonyl (C=O) groups excluding carboxylic acids is 1. The van der Waals surface area contributed by atoms with Gasteiger partial charge in [0.2, 0.25) is 0 Å². The number of nitrogen functional groups attached to an aromatic ring is 1. The number of aryl methyl sites for hydroxylation is 1. The third kappa shape index (κ3) is 6.48. The molecule has 38 heavy (non-hydrogen) atoms. The SMILES string of the molecule is CCCc1cc(N2CCC(NCC(O)COc3ccc(C(F)(F)F)cc3)CC2)nc2sc(C(N)=O)c(N)c12. The number of aromatic nitrogens is 1. The highest BCUT2D eigenvalue weighted by Crippen LogP contribution is 2.37. The van der Waals surface area contributed by atoms with E-state index < -0.39 is 23.8 Å². The van der Waals surface area contributed by atoms with E-state index in [1.54, 1.807) is 0 Å². The molecular formula is C26H32F3N5O3S. The monoisotopic (exact) mass is 551 g/mol. The molecule has 0 saturated carbocycles. The number of hydrogen-bond donors (Lipinski definition) is 4. The molecule has 2 aromatic heterocycles. The number of benzene rings is 1. The van der Waals surface area contributed by atoms with Crippen LogP contribution in [0.25, 0.3) is 10.2 Å². The molecule has 0 spiro atoms. The van der Waals surface area contributed by atoms with E-state index >= 15 is 0 Å². The topological polar surface area (TPSA) is 127 Å². The Morgan fingerprint density at radius 1 is 1.29 bits per heavy atom. The van der Waals surface area contributed by atoms with Gasteiger partial charge < -0.3 is 31.5 Å². The molecule has 1 saturated heterocycles. The fourth-order valence-electron chi connectivity index (χ4n) is 4.60. The van der Waals surface area contributed by atoms with Crippen molar-refractivity contribution < 1.29 is 27.8 Å². The van der Waals surface area contributed by atoms with E-state index in [1.165, 1.54) is 23.5 Å². The maximum Gasteiger partial charge on any atom is 0.416 e. The number of fused-ring (bicyclic) bond motifs is 1. The molecule has 6 N–H and O–H groups in total. The number of pyridine rings is 1. The van der Waals surface area contributed by atoms with Gasteiger partial charge in [-0.05, 0) is 55.2 Å². The van der Waals surface area contributed by atoms with E-state index in [2.05, 4.69) is 23.2 Å². The van der Waals surface area contributed by atoms with Crippen LogP contribution < -0.4 is 26.4 Å². The molecule has 0 aliphatic carbocycles. The van der Waals surface area contributed by atoms with Gasteiger partial charge in [-0.1, -0.05) is 13.3 Å². The summed E-state index contributed by atoms with van der Waals surface area (Å²) in [7, 11) is 0.